The maximum Gasteiger partial charge on any atom is 0.140 e. The van der Waals surface area contributed by atoms with E-state index in [4.69, 9.17) is 0 Å². The summed E-state index contributed by atoms with van der Waals surface area (Å²) < 4.78 is 13.1. The molecular formula is C23H27FN4S. The van der Waals surface area contributed by atoms with Crippen LogP contribution in [0.15, 0.2) is 36.7 Å². The molecule has 6 heteroatoms. The summed E-state index contributed by atoms with van der Waals surface area (Å²) in [6.45, 7) is 8.92. The Hall–Kier alpha value is -2.05. The van der Waals surface area contributed by atoms with E-state index in [1.807, 2.05) is 12.1 Å². The summed E-state index contributed by atoms with van der Waals surface area (Å²) in [6.07, 6.45) is 4.96. The summed E-state index contributed by atoms with van der Waals surface area (Å²) >= 11 is 1.79. The Morgan fingerprint density at radius 2 is 1.97 bits per heavy atom. The van der Waals surface area contributed by atoms with Crippen LogP contribution in [0, 0.1) is 11.2 Å². The van der Waals surface area contributed by atoms with Crippen LogP contribution in [-0.4, -0.2) is 47.1 Å². The highest BCUT2D eigenvalue weighted by Crippen LogP contribution is 2.43. The maximum absolute atomic E-state index is 13.1. The first-order chi connectivity index (χ1) is 14.0. The van der Waals surface area contributed by atoms with Crippen molar-refractivity contribution in [2.75, 3.05) is 31.1 Å². The van der Waals surface area contributed by atoms with Gasteiger partial charge in [-0.15, -0.1) is 11.3 Å². The fourth-order valence-corrected chi connectivity index (χ4v) is 5.84. The molecule has 1 spiro atoms. The van der Waals surface area contributed by atoms with E-state index < -0.39 is 0 Å². The molecule has 2 aliphatic heterocycles. The van der Waals surface area contributed by atoms with Gasteiger partial charge < -0.3 is 4.90 Å². The number of fused-ring (bicyclic) bond motifs is 1. The maximum atomic E-state index is 13.1. The number of aryl methyl sites for hydroxylation is 1. The minimum absolute atomic E-state index is 0.161. The monoisotopic (exact) mass is 410 g/mol. The van der Waals surface area contributed by atoms with Crippen molar-refractivity contribution in [2.24, 2.45) is 5.41 Å². The zero-order valence-corrected chi connectivity index (χ0v) is 17.9. The number of hydrogen-bond acceptors (Lipinski definition) is 5. The first-order valence-corrected chi connectivity index (χ1v) is 11.3. The highest BCUT2D eigenvalue weighted by Gasteiger charge is 2.49. The van der Waals surface area contributed by atoms with Gasteiger partial charge in [0.15, 0.2) is 0 Å². The molecule has 2 saturated heterocycles. The van der Waals surface area contributed by atoms with Gasteiger partial charge >= 0.3 is 0 Å². The van der Waals surface area contributed by atoms with Gasteiger partial charge in [0.05, 0.1) is 5.39 Å². The number of rotatable bonds is 5. The van der Waals surface area contributed by atoms with Crippen LogP contribution < -0.4 is 4.90 Å². The van der Waals surface area contributed by atoms with Crippen molar-refractivity contribution in [1.29, 1.82) is 0 Å². The predicted molar refractivity (Wildman–Crippen MR) is 117 cm³/mol. The van der Waals surface area contributed by atoms with E-state index in [1.54, 1.807) is 29.8 Å². The molecule has 0 bridgehead atoms. The lowest BCUT2D eigenvalue weighted by molar-refractivity contribution is -0.0109. The second-order valence-electron chi connectivity index (χ2n) is 8.74. The second kappa shape index (κ2) is 7.33. The van der Waals surface area contributed by atoms with Crippen LogP contribution in [0.5, 0.6) is 0 Å². The lowest BCUT2D eigenvalue weighted by Gasteiger charge is -2.51. The molecule has 1 atom stereocenters. The van der Waals surface area contributed by atoms with Crippen molar-refractivity contribution in [3.8, 4) is 0 Å². The lowest BCUT2D eigenvalue weighted by atomic mass is 9.78. The van der Waals surface area contributed by atoms with Crippen LogP contribution in [0.4, 0.5) is 10.2 Å². The average Bonchev–Trinajstić information content (AvgIpc) is 3.32. The summed E-state index contributed by atoms with van der Waals surface area (Å²) in [5.41, 5.74) is 1.60. The van der Waals surface area contributed by atoms with Gasteiger partial charge in [0.1, 0.15) is 22.8 Å². The third-order valence-electron chi connectivity index (χ3n) is 6.59. The van der Waals surface area contributed by atoms with Gasteiger partial charge in [-0.2, -0.15) is 0 Å². The molecule has 1 aromatic carbocycles. The molecule has 0 radical (unpaired) electrons. The molecular weight excluding hydrogens is 383 g/mol. The lowest BCUT2D eigenvalue weighted by Crippen LogP contribution is -2.60. The third-order valence-corrected chi connectivity index (χ3v) is 7.78. The molecule has 1 unspecified atom stereocenters. The van der Waals surface area contributed by atoms with Gasteiger partial charge in [-0.1, -0.05) is 19.1 Å². The number of likely N-dealkylation sites (tertiary alicyclic amines) is 1. The van der Waals surface area contributed by atoms with Crippen LogP contribution in [0.25, 0.3) is 10.2 Å². The number of aromatic nitrogens is 2. The van der Waals surface area contributed by atoms with E-state index in [2.05, 4.69) is 39.7 Å². The quantitative estimate of drug-likeness (QED) is 0.618. The van der Waals surface area contributed by atoms with Crippen molar-refractivity contribution in [3.05, 3.63) is 52.9 Å². The van der Waals surface area contributed by atoms with E-state index in [0.29, 0.717) is 11.5 Å². The van der Waals surface area contributed by atoms with Gasteiger partial charge in [-0.05, 0) is 49.9 Å². The van der Waals surface area contributed by atoms with Crippen molar-refractivity contribution < 1.29 is 4.39 Å². The van der Waals surface area contributed by atoms with E-state index in [-0.39, 0.29) is 5.82 Å². The molecule has 152 valence electrons. The minimum atomic E-state index is -0.161. The molecule has 4 heterocycles. The van der Waals surface area contributed by atoms with Crippen LogP contribution in [0.3, 0.4) is 0 Å². The number of anilines is 1. The van der Waals surface area contributed by atoms with E-state index >= 15 is 0 Å². The predicted octanol–water partition coefficient (Wildman–Crippen LogP) is 4.54. The van der Waals surface area contributed by atoms with Crippen molar-refractivity contribution in [2.45, 2.75) is 39.2 Å². The van der Waals surface area contributed by atoms with Crippen LogP contribution in [-0.2, 0) is 12.8 Å². The summed E-state index contributed by atoms with van der Waals surface area (Å²) in [5.74, 6) is 0.950. The number of nitrogens with zero attached hydrogens (tertiary/aromatic N) is 4. The van der Waals surface area contributed by atoms with Crippen molar-refractivity contribution in [1.82, 2.24) is 14.9 Å². The van der Waals surface area contributed by atoms with Gasteiger partial charge in [-0.3, -0.25) is 4.90 Å². The zero-order chi connectivity index (χ0) is 20.0. The number of hydrogen-bond donors (Lipinski definition) is 0. The summed E-state index contributed by atoms with van der Waals surface area (Å²) in [5, 5.41) is 1.22. The second-order valence-corrected chi connectivity index (χ2v) is 9.85. The molecule has 0 saturated carbocycles. The fraction of sp³-hybridized carbons (Fsp3) is 0.478. The molecule has 2 aromatic heterocycles. The molecule has 5 rings (SSSR count). The topological polar surface area (TPSA) is 32.3 Å². The SMILES string of the molecule is CCc1cc2c(N3CCC4(C3)CN(C(C)Cc3ccc(F)cc3)C4)ncnc2s1. The fourth-order valence-electron chi connectivity index (χ4n) is 4.91. The van der Waals surface area contributed by atoms with Crippen molar-refractivity contribution >= 4 is 27.4 Å². The van der Waals surface area contributed by atoms with Crippen LogP contribution in [0.1, 0.15) is 30.7 Å². The first kappa shape index (κ1) is 18.9. The van der Waals surface area contributed by atoms with Gasteiger partial charge in [0, 0.05) is 42.5 Å². The Kier molecular flexibility index (Phi) is 4.79. The van der Waals surface area contributed by atoms with Crippen molar-refractivity contribution in [3.63, 3.8) is 0 Å². The molecule has 0 N–H and O–H groups in total. The number of benzene rings is 1. The van der Waals surface area contributed by atoms with E-state index in [9.17, 15) is 4.39 Å². The molecule has 0 amide bonds. The first-order valence-electron chi connectivity index (χ1n) is 10.5. The Morgan fingerprint density at radius 3 is 2.72 bits per heavy atom. The summed E-state index contributed by atoms with van der Waals surface area (Å²) in [6, 6.07) is 9.69. The Balaban J connectivity index is 1.24. The third kappa shape index (κ3) is 3.53. The summed E-state index contributed by atoms with van der Waals surface area (Å²) in [7, 11) is 0. The van der Waals surface area contributed by atoms with Gasteiger partial charge in [0.2, 0.25) is 0 Å². The average molecular weight is 411 g/mol. The van der Waals surface area contributed by atoms with Gasteiger partial charge in [0.25, 0.3) is 0 Å². The van der Waals surface area contributed by atoms with E-state index in [0.717, 1.165) is 49.7 Å². The molecule has 4 nitrogen and oxygen atoms in total. The molecule has 2 fully saturated rings. The van der Waals surface area contributed by atoms with Crippen LogP contribution in [0.2, 0.25) is 0 Å². The molecule has 0 aliphatic carbocycles. The Labute approximate surface area is 175 Å². The molecule has 3 aromatic rings. The van der Waals surface area contributed by atoms with Crippen LogP contribution >= 0.6 is 11.3 Å². The largest absolute Gasteiger partial charge is 0.355 e. The normalized spacial score (nSPS) is 19.8. The highest BCUT2D eigenvalue weighted by atomic mass is 32.1. The zero-order valence-electron chi connectivity index (χ0n) is 17.1. The standard InChI is InChI=1S/C23H27FN4S/c1-3-19-11-20-21(25-15-26-22(20)29-19)27-9-8-23(12-27)13-28(14-23)16(2)10-17-4-6-18(24)7-5-17/h4-7,11,15-16H,3,8-10,12-14H2,1-2H3. The Morgan fingerprint density at radius 1 is 1.17 bits per heavy atom. The van der Waals surface area contributed by atoms with E-state index in [1.165, 1.54) is 22.2 Å². The van der Waals surface area contributed by atoms with Gasteiger partial charge in [-0.25, -0.2) is 14.4 Å². The molecule has 2 aliphatic rings. The Bertz CT molecular complexity index is 1010. The smallest absolute Gasteiger partial charge is 0.140 e. The molecule has 29 heavy (non-hydrogen) atoms. The summed E-state index contributed by atoms with van der Waals surface area (Å²) in [4.78, 5) is 16.7. The number of thiophene rings is 1. The number of halogens is 1. The highest BCUT2D eigenvalue weighted by molar-refractivity contribution is 7.18. The minimum Gasteiger partial charge on any atom is -0.355 e.